The molecule has 0 saturated carbocycles. The lowest BCUT2D eigenvalue weighted by atomic mass is 10.2. The normalized spacial score (nSPS) is 11.4. The Balaban J connectivity index is 2.29. The minimum absolute atomic E-state index is 0.149. The van der Waals surface area contributed by atoms with Crippen LogP contribution in [0.3, 0.4) is 0 Å². The molecule has 0 saturated heterocycles. The van der Waals surface area contributed by atoms with Gasteiger partial charge in [0.05, 0.1) is 6.33 Å². The molecule has 0 spiro atoms. The van der Waals surface area contributed by atoms with E-state index in [0.717, 1.165) is 25.7 Å². The summed E-state index contributed by atoms with van der Waals surface area (Å²) in [7, 11) is 0. The molecule has 0 atom stereocenters. The highest BCUT2D eigenvalue weighted by Gasteiger charge is 2.23. The van der Waals surface area contributed by atoms with Crippen LogP contribution in [0.5, 0.6) is 0 Å². The van der Waals surface area contributed by atoms with Crippen molar-refractivity contribution >= 4 is 17.6 Å². The van der Waals surface area contributed by atoms with Gasteiger partial charge in [0.2, 0.25) is 0 Å². The van der Waals surface area contributed by atoms with E-state index in [1.807, 2.05) is 10.8 Å². The van der Waals surface area contributed by atoms with Crippen LogP contribution in [0, 0.1) is 10.1 Å². The third-order valence-corrected chi connectivity index (χ3v) is 4.45. The van der Waals surface area contributed by atoms with Crippen molar-refractivity contribution in [1.82, 2.24) is 19.1 Å². The second-order valence-corrected chi connectivity index (χ2v) is 5.86. The van der Waals surface area contributed by atoms with Crippen LogP contribution < -0.4 is 5.32 Å². The van der Waals surface area contributed by atoms with Crippen LogP contribution in [-0.2, 0) is 0 Å². The Kier molecular flexibility index (Phi) is 5.94. The Hall–Kier alpha value is -2.38. The molecule has 0 aliphatic rings. The van der Waals surface area contributed by atoms with Crippen molar-refractivity contribution in [3.63, 3.8) is 0 Å². The van der Waals surface area contributed by atoms with Gasteiger partial charge in [0, 0.05) is 23.3 Å². The number of nitrogens with one attached hydrogen (secondary N) is 1. The number of rotatable bonds is 9. The van der Waals surface area contributed by atoms with Crippen molar-refractivity contribution in [2.75, 3.05) is 5.32 Å². The van der Waals surface area contributed by atoms with E-state index in [2.05, 4.69) is 47.5 Å². The minimum Gasteiger partial charge on any atom is -0.358 e. The number of nitrogens with zero attached hydrogens (tertiary/aromatic N) is 5. The van der Waals surface area contributed by atoms with Gasteiger partial charge in [0.1, 0.15) is 6.20 Å². The Morgan fingerprint density at radius 3 is 2.29 bits per heavy atom. The summed E-state index contributed by atoms with van der Waals surface area (Å²) in [5.74, 6) is 0.962. The highest BCUT2D eigenvalue weighted by atomic mass is 16.6. The van der Waals surface area contributed by atoms with Gasteiger partial charge < -0.3 is 14.7 Å². The van der Waals surface area contributed by atoms with E-state index in [0.29, 0.717) is 17.8 Å². The Morgan fingerprint density at radius 1 is 1.12 bits per heavy atom. The average Bonchev–Trinajstić information content (AvgIpc) is 3.19. The molecule has 2 aromatic heterocycles. The highest BCUT2D eigenvalue weighted by Crippen LogP contribution is 2.27. The molecule has 0 radical (unpaired) electrons. The predicted molar refractivity (Wildman–Crippen MR) is 93.6 cm³/mol. The molecule has 0 aromatic carbocycles. The van der Waals surface area contributed by atoms with Gasteiger partial charge in [-0.2, -0.15) is 0 Å². The molecule has 2 heterocycles. The Bertz CT molecular complexity index is 670. The van der Waals surface area contributed by atoms with Crippen LogP contribution in [0.25, 0.3) is 0 Å². The van der Waals surface area contributed by atoms with Crippen LogP contribution in [0.2, 0.25) is 0 Å². The molecule has 0 unspecified atom stereocenters. The van der Waals surface area contributed by atoms with E-state index < -0.39 is 4.92 Å². The first-order valence-corrected chi connectivity index (χ1v) is 8.57. The zero-order valence-electron chi connectivity index (χ0n) is 14.8. The summed E-state index contributed by atoms with van der Waals surface area (Å²) in [6.45, 7) is 8.41. The maximum absolute atomic E-state index is 11.1. The summed E-state index contributed by atoms with van der Waals surface area (Å²) in [5.41, 5.74) is 0. The quantitative estimate of drug-likeness (QED) is 0.540. The van der Waals surface area contributed by atoms with Gasteiger partial charge in [0.25, 0.3) is 0 Å². The number of anilines is 2. The van der Waals surface area contributed by atoms with Gasteiger partial charge in [-0.05, 0) is 30.6 Å². The molecule has 1 N–H and O–H groups in total. The molecule has 0 aliphatic carbocycles. The monoisotopic (exact) mass is 334 g/mol. The molecule has 2 rings (SSSR count). The van der Waals surface area contributed by atoms with Crippen LogP contribution in [0.1, 0.15) is 65.5 Å². The van der Waals surface area contributed by atoms with Crippen molar-refractivity contribution < 1.29 is 4.92 Å². The molecular weight excluding hydrogens is 308 g/mol. The van der Waals surface area contributed by atoms with Gasteiger partial charge >= 0.3 is 11.8 Å². The van der Waals surface area contributed by atoms with E-state index in [-0.39, 0.29) is 11.9 Å². The summed E-state index contributed by atoms with van der Waals surface area (Å²) in [5, 5.41) is 14.2. The van der Waals surface area contributed by atoms with Crippen molar-refractivity contribution in [1.29, 1.82) is 0 Å². The van der Waals surface area contributed by atoms with Crippen LogP contribution >= 0.6 is 0 Å². The number of imidazole rings is 2. The molecular formula is C16H26N6O2. The van der Waals surface area contributed by atoms with Gasteiger partial charge in [-0.1, -0.05) is 27.7 Å². The second-order valence-electron chi connectivity index (χ2n) is 5.86. The van der Waals surface area contributed by atoms with E-state index in [4.69, 9.17) is 0 Å². The Labute approximate surface area is 142 Å². The summed E-state index contributed by atoms with van der Waals surface area (Å²) < 4.78 is 3.91. The fourth-order valence-electron chi connectivity index (χ4n) is 2.95. The maximum Gasteiger partial charge on any atom is 0.384 e. The molecule has 0 amide bonds. The van der Waals surface area contributed by atoms with E-state index in [9.17, 15) is 10.1 Å². The zero-order chi connectivity index (χ0) is 17.7. The van der Waals surface area contributed by atoms with Gasteiger partial charge in [-0.25, -0.2) is 4.98 Å². The smallest absolute Gasteiger partial charge is 0.358 e. The maximum atomic E-state index is 11.1. The number of hydrogen-bond acceptors (Lipinski definition) is 5. The number of nitro groups is 1. The van der Waals surface area contributed by atoms with Crippen molar-refractivity contribution in [3.8, 4) is 0 Å². The summed E-state index contributed by atoms with van der Waals surface area (Å²) >= 11 is 0. The summed E-state index contributed by atoms with van der Waals surface area (Å²) in [6, 6.07) is 0.566. The third-order valence-electron chi connectivity index (χ3n) is 4.45. The fourth-order valence-corrected chi connectivity index (χ4v) is 2.95. The Morgan fingerprint density at radius 2 is 1.75 bits per heavy atom. The fraction of sp³-hybridized carbons (Fsp3) is 0.625. The average molecular weight is 334 g/mol. The zero-order valence-corrected chi connectivity index (χ0v) is 14.8. The van der Waals surface area contributed by atoms with Gasteiger partial charge in [-0.3, -0.25) is 9.88 Å². The molecule has 132 valence electrons. The van der Waals surface area contributed by atoms with Crippen LogP contribution in [0.4, 0.5) is 17.6 Å². The lowest BCUT2D eigenvalue weighted by Gasteiger charge is -2.15. The van der Waals surface area contributed by atoms with Gasteiger partial charge in [0.15, 0.2) is 5.82 Å². The van der Waals surface area contributed by atoms with Crippen molar-refractivity contribution in [2.24, 2.45) is 0 Å². The number of aromatic nitrogens is 4. The largest absolute Gasteiger partial charge is 0.384 e. The molecule has 24 heavy (non-hydrogen) atoms. The van der Waals surface area contributed by atoms with Gasteiger partial charge in [-0.15, -0.1) is 0 Å². The lowest BCUT2D eigenvalue weighted by Crippen LogP contribution is -2.09. The third kappa shape index (κ3) is 3.74. The summed E-state index contributed by atoms with van der Waals surface area (Å²) in [4.78, 5) is 19.1. The first-order valence-electron chi connectivity index (χ1n) is 8.57. The van der Waals surface area contributed by atoms with E-state index >= 15 is 0 Å². The van der Waals surface area contributed by atoms with Crippen LogP contribution in [-0.4, -0.2) is 24.0 Å². The molecule has 0 bridgehead atoms. The highest BCUT2D eigenvalue weighted by molar-refractivity contribution is 5.49. The second kappa shape index (κ2) is 7.94. The SMILES string of the molecule is CCC(CC)n1cnc(Nc2nc([N+](=O)[O-])cn2C(CC)CC)c1. The van der Waals surface area contributed by atoms with E-state index in [1.54, 1.807) is 6.33 Å². The first kappa shape index (κ1) is 18.0. The standard InChI is InChI=1S/C16H26N6O2/c1-5-12(6-2)20-9-14(17-11-20)18-16-19-15(22(23)24)10-21(16)13(7-3)8-4/h9-13H,5-8H2,1-4H3,(H,18,19). The summed E-state index contributed by atoms with van der Waals surface area (Å²) in [6.07, 6.45) is 9.02. The van der Waals surface area contributed by atoms with Crippen molar-refractivity contribution in [2.45, 2.75) is 65.5 Å². The first-order chi connectivity index (χ1) is 11.5. The number of hydrogen-bond donors (Lipinski definition) is 1. The van der Waals surface area contributed by atoms with E-state index in [1.165, 1.54) is 6.20 Å². The topological polar surface area (TPSA) is 90.8 Å². The van der Waals surface area contributed by atoms with Crippen molar-refractivity contribution in [3.05, 3.63) is 28.8 Å². The molecule has 8 nitrogen and oxygen atoms in total. The lowest BCUT2D eigenvalue weighted by molar-refractivity contribution is -0.389. The predicted octanol–water partition coefficient (Wildman–Crippen LogP) is 4.45. The molecule has 0 aliphatic heterocycles. The van der Waals surface area contributed by atoms with Crippen LogP contribution in [0.15, 0.2) is 18.7 Å². The molecule has 8 heteroatoms. The molecule has 0 fully saturated rings. The molecule has 2 aromatic rings. The minimum atomic E-state index is -0.465.